The number of nitrogens with zero attached hydrogens (tertiary/aromatic N) is 2. The normalized spacial score (nSPS) is 16.1. The van der Waals surface area contributed by atoms with Crippen LogP contribution in [-0.2, 0) is 9.59 Å². The molecule has 1 saturated heterocycles. The van der Waals surface area contributed by atoms with Gasteiger partial charge < -0.3 is 10.2 Å². The molecule has 2 amide bonds. The highest BCUT2D eigenvalue weighted by atomic mass is 16.2. The van der Waals surface area contributed by atoms with Crippen molar-refractivity contribution >= 4 is 17.9 Å². The van der Waals surface area contributed by atoms with Gasteiger partial charge in [-0.05, 0) is 18.1 Å². The van der Waals surface area contributed by atoms with Gasteiger partial charge in [-0.3, -0.25) is 14.5 Å². The molecule has 28 heavy (non-hydrogen) atoms. The van der Waals surface area contributed by atoms with Crippen molar-refractivity contribution in [3.05, 3.63) is 77.9 Å². The second kappa shape index (κ2) is 9.85. The fraction of sp³-hybridized carbons (Fsp3) is 0.304. The van der Waals surface area contributed by atoms with Gasteiger partial charge in [0.25, 0.3) is 0 Å². The molecule has 146 valence electrons. The summed E-state index contributed by atoms with van der Waals surface area (Å²) in [5.41, 5.74) is 2.17. The fourth-order valence-electron chi connectivity index (χ4n) is 3.26. The van der Waals surface area contributed by atoms with E-state index in [1.807, 2.05) is 55.5 Å². The lowest BCUT2D eigenvalue weighted by Gasteiger charge is -2.33. The molecule has 3 rings (SSSR count). The molecule has 0 aromatic heterocycles. The van der Waals surface area contributed by atoms with E-state index in [0.717, 1.165) is 25.2 Å². The largest absolute Gasteiger partial charge is 0.341 e. The Kier molecular flexibility index (Phi) is 6.98. The van der Waals surface area contributed by atoms with Crippen molar-refractivity contribution in [1.82, 2.24) is 15.1 Å². The van der Waals surface area contributed by atoms with E-state index in [1.54, 1.807) is 4.90 Å². The molecule has 1 unspecified atom stereocenters. The zero-order valence-corrected chi connectivity index (χ0v) is 16.3. The summed E-state index contributed by atoms with van der Waals surface area (Å²) in [4.78, 5) is 28.7. The second-order valence-corrected chi connectivity index (χ2v) is 7.01. The predicted molar refractivity (Wildman–Crippen MR) is 111 cm³/mol. The van der Waals surface area contributed by atoms with Crippen LogP contribution in [0.15, 0.2) is 66.7 Å². The van der Waals surface area contributed by atoms with Crippen molar-refractivity contribution in [3.8, 4) is 0 Å². The molecule has 1 fully saturated rings. The maximum Gasteiger partial charge on any atom is 0.311 e. The molecule has 5 heteroatoms. The van der Waals surface area contributed by atoms with E-state index in [4.69, 9.17) is 0 Å². The number of benzene rings is 2. The summed E-state index contributed by atoms with van der Waals surface area (Å²) in [6.45, 7) is 5.42. The average Bonchev–Trinajstić information content (AvgIpc) is 2.75. The second-order valence-electron chi connectivity index (χ2n) is 7.01. The van der Waals surface area contributed by atoms with Crippen molar-refractivity contribution < 1.29 is 9.59 Å². The van der Waals surface area contributed by atoms with Crippen LogP contribution in [0, 0.1) is 0 Å². The van der Waals surface area contributed by atoms with Crippen molar-refractivity contribution in [1.29, 1.82) is 0 Å². The Morgan fingerprint density at radius 2 is 1.57 bits per heavy atom. The minimum Gasteiger partial charge on any atom is -0.341 e. The van der Waals surface area contributed by atoms with Crippen molar-refractivity contribution in [2.45, 2.75) is 13.0 Å². The number of nitrogens with one attached hydrogen (secondary N) is 1. The van der Waals surface area contributed by atoms with Crippen LogP contribution in [0.3, 0.4) is 0 Å². The first kappa shape index (κ1) is 19.8. The van der Waals surface area contributed by atoms with Crippen LogP contribution in [0.4, 0.5) is 0 Å². The predicted octanol–water partition coefficient (Wildman–Crippen LogP) is 2.72. The summed E-state index contributed by atoms with van der Waals surface area (Å²) in [6, 6.07) is 19.7. The van der Waals surface area contributed by atoms with Crippen LogP contribution >= 0.6 is 0 Å². The summed E-state index contributed by atoms with van der Waals surface area (Å²) in [5, 5.41) is 2.80. The van der Waals surface area contributed by atoms with E-state index >= 15 is 0 Å². The number of hydrogen-bond donors (Lipinski definition) is 1. The summed E-state index contributed by atoms with van der Waals surface area (Å²) < 4.78 is 0. The number of rotatable bonds is 5. The third kappa shape index (κ3) is 5.54. The van der Waals surface area contributed by atoms with E-state index < -0.39 is 11.8 Å². The molecule has 0 bridgehead atoms. The molecular weight excluding hydrogens is 350 g/mol. The maximum absolute atomic E-state index is 12.5. The molecular formula is C23H27N3O2. The molecule has 1 atom stereocenters. The van der Waals surface area contributed by atoms with Gasteiger partial charge in [0.05, 0.1) is 6.04 Å². The SMILES string of the molecule is CC(NC(=O)C(=O)N1CCN(C/C=C/c2ccccc2)CC1)c1ccccc1. The Morgan fingerprint density at radius 3 is 2.21 bits per heavy atom. The Labute approximate surface area is 166 Å². The Bertz CT molecular complexity index is 797. The monoisotopic (exact) mass is 377 g/mol. The summed E-state index contributed by atoms with van der Waals surface area (Å²) in [6.07, 6.45) is 4.25. The van der Waals surface area contributed by atoms with Crippen LogP contribution < -0.4 is 5.32 Å². The van der Waals surface area contributed by atoms with Crippen LogP contribution in [0.25, 0.3) is 6.08 Å². The van der Waals surface area contributed by atoms with Crippen LogP contribution in [0.1, 0.15) is 24.1 Å². The van der Waals surface area contributed by atoms with E-state index in [-0.39, 0.29) is 6.04 Å². The minimum absolute atomic E-state index is 0.193. The van der Waals surface area contributed by atoms with Crippen LogP contribution in [0.5, 0.6) is 0 Å². The molecule has 1 heterocycles. The summed E-state index contributed by atoms with van der Waals surface area (Å²) in [7, 11) is 0. The molecule has 0 aliphatic carbocycles. The highest BCUT2D eigenvalue weighted by Crippen LogP contribution is 2.11. The van der Waals surface area contributed by atoms with Gasteiger partial charge in [-0.15, -0.1) is 0 Å². The lowest BCUT2D eigenvalue weighted by Crippen LogP contribution is -2.52. The van der Waals surface area contributed by atoms with E-state index in [1.165, 1.54) is 5.56 Å². The first-order valence-electron chi connectivity index (χ1n) is 9.72. The maximum atomic E-state index is 12.5. The van der Waals surface area contributed by atoms with Gasteiger partial charge in [0, 0.05) is 32.7 Å². The van der Waals surface area contributed by atoms with Gasteiger partial charge in [0.2, 0.25) is 0 Å². The van der Waals surface area contributed by atoms with Crippen LogP contribution in [-0.4, -0.2) is 54.3 Å². The van der Waals surface area contributed by atoms with Gasteiger partial charge in [-0.1, -0.05) is 72.8 Å². The standard InChI is InChI=1S/C23H27N3O2/c1-19(21-12-6-3-7-13-21)24-22(27)23(28)26-17-15-25(16-18-26)14-8-11-20-9-4-2-5-10-20/h2-13,19H,14-18H2,1H3,(H,24,27)/b11-8+. The van der Waals surface area contributed by atoms with Gasteiger partial charge in [-0.2, -0.15) is 0 Å². The molecule has 1 aliphatic heterocycles. The third-order valence-electron chi connectivity index (χ3n) is 4.97. The Morgan fingerprint density at radius 1 is 0.964 bits per heavy atom. The summed E-state index contributed by atoms with van der Waals surface area (Å²) >= 11 is 0. The lowest BCUT2D eigenvalue weighted by atomic mass is 10.1. The van der Waals surface area contributed by atoms with E-state index in [0.29, 0.717) is 13.1 Å². The van der Waals surface area contributed by atoms with Gasteiger partial charge in [0.1, 0.15) is 0 Å². The minimum atomic E-state index is -0.534. The molecule has 0 saturated carbocycles. The molecule has 0 radical (unpaired) electrons. The highest BCUT2D eigenvalue weighted by Gasteiger charge is 2.26. The zero-order valence-electron chi connectivity index (χ0n) is 16.3. The van der Waals surface area contributed by atoms with E-state index in [9.17, 15) is 9.59 Å². The average molecular weight is 377 g/mol. The Balaban J connectivity index is 1.43. The number of amides is 2. The van der Waals surface area contributed by atoms with Gasteiger partial charge >= 0.3 is 11.8 Å². The van der Waals surface area contributed by atoms with Crippen molar-refractivity contribution in [3.63, 3.8) is 0 Å². The van der Waals surface area contributed by atoms with Crippen LogP contribution in [0.2, 0.25) is 0 Å². The lowest BCUT2D eigenvalue weighted by molar-refractivity contribution is -0.147. The molecule has 0 spiro atoms. The first-order valence-corrected chi connectivity index (χ1v) is 9.72. The Hall–Kier alpha value is -2.92. The smallest absolute Gasteiger partial charge is 0.311 e. The summed E-state index contributed by atoms with van der Waals surface area (Å²) in [5.74, 6) is -0.976. The number of piperazine rings is 1. The molecule has 2 aromatic carbocycles. The molecule has 2 aromatic rings. The molecule has 1 N–H and O–H groups in total. The highest BCUT2D eigenvalue weighted by molar-refractivity contribution is 6.35. The van der Waals surface area contributed by atoms with Crippen molar-refractivity contribution in [2.75, 3.05) is 32.7 Å². The van der Waals surface area contributed by atoms with Gasteiger partial charge in [0.15, 0.2) is 0 Å². The van der Waals surface area contributed by atoms with Crippen molar-refractivity contribution in [2.24, 2.45) is 0 Å². The van der Waals surface area contributed by atoms with E-state index in [2.05, 4.69) is 34.5 Å². The first-order chi connectivity index (χ1) is 13.6. The quantitative estimate of drug-likeness (QED) is 0.815. The zero-order chi connectivity index (χ0) is 19.8. The number of hydrogen-bond acceptors (Lipinski definition) is 3. The topological polar surface area (TPSA) is 52.7 Å². The molecule has 1 aliphatic rings. The number of carbonyl (C=O) groups is 2. The van der Waals surface area contributed by atoms with Gasteiger partial charge in [-0.25, -0.2) is 0 Å². The number of carbonyl (C=O) groups excluding carboxylic acids is 2. The fourth-order valence-corrected chi connectivity index (χ4v) is 3.26. The molecule has 5 nitrogen and oxygen atoms in total. The third-order valence-corrected chi connectivity index (χ3v) is 4.97.